The lowest BCUT2D eigenvalue weighted by atomic mass is 10.2. The van der Waals surface area contributed by atoms with E-state index in [1.807, 2.05) is 25.1 Å². The molecule has 24 heavy (non-hydrogen) atoms. The minimum atomic E-state index is -0.210. The van der Waals surface area contributed by atoms with Gasteiger partial charge in [0.15, 0.2) is 0 Å². The van der Waals surface area contributed by atoms with Crippen molar-refractivity contribution in [1.29, 1.82) is 0 Å². The third-order valence-corrected chi connectivity index (χ3v) is 4.54. The highest BCUT2D eigenvalue weighted by Crippen LogP contribution is 2.35. The summed E-state index contributed by atoms with van der Waals surface area (Å²) < 4.78 is 11.4. The molecule has 0 spiro atoms. The highest BCUT2D eigenvalue weighted by atomic mass is 79.9. The molecular weight excluding hydrogens is 396 g/mol. The number of nitrogens with one attached hydrogen (secondary N) is 2. The number of amides is 1. The van der Waals surface area contributed by atoms with Gasteiger partial charge in [0.05, 0.1) is 31.5 Å². The van der Waals surface area contributed by atoms with Crippen molar-refractivity contribution in [3.8, 4) is 11.5 Å². The van der Waals surface area contributed by atoms with Gasteiger partial charge in [0.1, 0.15) is 11.5 Å². The van der Waals surface area contributed by atoms with E-state index in [2.05, 4.69) is 26.6 Å². The van der Waals surface area contributed by atoms with Gasteiger partial charge < -0.3 is 20.1 Å². The first-order valence-electron chi connectivity index (χ1n) is 7.16. The summed E-state index contributed by atoms with van der Waals surface area (Å²) in [6, 6.07) is 9.02. The smallest absolute Gasteiger partial charge is 0.243 e. The predicted octanol–water partition coefficient (Wildman–Crippen LogP) is 4.48. The summed E-state index contributed by atoms with van der Waals surface area (Å²) in [6.45, 7) is 2.11. The van der Waals surface area contributed by atoms with Gasteiger partial charge in [-0.25, -0.2) is 0 Å². The molecule has 2 rings (SSSR count). The standard InChI is InChI=1S/C17H18BrClN2O3/c1-10-6-11(4-5-12(10)18)20-9-17(22)21-14-8-15(23-2)13(19)7-16(14)24-3/h4-8,20H,9H2,1-3H3,(H,21,22). The van der Waals surface area contributed by atoms with Crippen LogP contribution in [0.1, 0.15) is 5.56 Å². The van der Waals surface area contributed by atoms with E-state index in [0.29, 0.717) is 22.2 Å². The molecule has 0 aliphatic heterocycles. The molecule has 0 saturated heterocycles. The van der Waals surface area contributed by atoms with E-state index in [1.54, 1.807) is 12.1 Å². The van der Waals surface area contributed by atoms with Crippen LogP contribution in [-0.2, 0) is 4.79 Å². The molecular formula is C17H18BrClN2O3. The monoisotopic (exact) mass is 412 g/mol. The van der Waals surface area contributed by atoms with Crippen molar-refractivity contribution in [1.82, 2.24) is 0 Å². The van der Waals surface area contributed by atoms with Crippen molar-refractivity contribution >= 4 is 44.8 Å². The fourth-order valence-electron chi connectivity index (χ4n) is 2.09. The van der Waals surface area contributed by atoms with E-state index in [0.717, 1.165) is 15.7 Å². The van der Waals surface area contributed by atoms with Gasteiger partial charge in [-0.15, -0.1) is 0 Å². The van der Waals surface area contributed by atoms with Crippen LogP contribution >= 0.6 is 27.5 Å². The molecule has 2 aromatic rings. The van der Waals surface area contributed by atoms with Crippen LogP contribution in [-0.4, -0.2) is 26.7 Å². The second kappa shape index (κ2) is 8.26. The SMILES string of the molecule is COc1cc(NC(=O)CNc2ccc(Br)c(C)c2)c(OC)cc1Cl. The van der Waals surface area contributed by atoms with E-state index in [4.69, 9.17) is 21.1 Å². The molecule has 2 N–H and O–H groups in total. The van der Waals surface area contributed by atoms with Gasteiger partial charge in [-0.1, -0.05) is 27.5 Å². The van der Waals surface area contributed by atoms with E-state index in [9.17, 15) is 4.79 Å². The maximum absolute atomic E-state index is 12.2. The summed E-state index contributed by atoms with van der Waals surface area (Å²) in [5, 5.41) is 6.28. The number of anilines is 2. The Morgan fingerprint density at radius 1 is 1.17 bits per heavy atom. The summed E-state index contributed by atoms with van der Waals surface area (Å²) in [6.07, 6.45) is 0. The van der Waals surface area contributed by atoms with E-state index in [1.165, 1.54) is 14.2 Å². The Kier molecular flexibility index (Phi) is 6.34. The maximum Gasteiger partial charge on any atom is 0.243 e. The zero-order chi connectivity index (χ0) is 17.7. The van der Waals surface area contributed by atoms with Gasteiger partial charge in [0.2, 0.25) is 5.91 Å². The number of carbonyl (C=O) groups excluding carboxylic acids is 1. The average molecular weight is 414 g/mol. The lowest BCUT2D eigenvalue weighted by Gasteiger charge is -2.14. The second-order valence-corrected chi connectivity index (χ2v) is 6.31. The van der Waals surface area contributed by atoms with Crippen LogP contribution in [0, 0.1) is 6.92 Å². The zero-order valence-electron chi connectivity index (χ0n) is 13.6. The molecule has 0 heterocycles. The van der Waals surface area contributed by atoms with Crippen molar-refractivity contribution < 1.29 is 14.3 Å². The van der Waals surface area contributed by atoms with E-state index < -0.39 is 0 Å². The molecule has 5 nitrogen and oxygen atoms in total. The van der Waals surface area contributed by atoms with Crippen LogP contribution in [0.15, 0.2) is 34.8 Å². The first-order chi connectivity index (χ1) is 11.4. The molecule has 0 bridgehead atoms. The Hall–Kier alpha value is -1.92. The number of aryl methyl sites for hydroxylation is 1. The summed E-state index contributed by atoms with van der Waals surface area (Å²) in [5.74, 6) is 0.719. The van der Waals surface area contributed by atoms with Gasteiger partial charge >= 0.3 is 0 Å². The third kappa shape index (κ3) is 4.55. The molecule has 0 aromatic heterocycles. The van der Waals surface area contributed by atoms with Gasteiger partial charge in [0.25, 0.3) is 0 Å². The molecule has 2 aromatic carbocycles. The number of hydrogen-bond donors (Lipinski definition) is 2. The van der Waals surface area contributed by atoms with Crippen LogP contribution in [0.5, 0.6) is 11.5 Å². The summed E-state index contributed by atoms with van der Waals surface area (Å²) in [4.78, 5) is 12.2. The summed E-state index contributed by atoms with van der Waals surface area (Å²) >= 11 is 9.50. The third-order valence-electron chi connectivity index (χ3n) is 3.36. The van der Waals surface area contributed by atoms with Crippen molar-refractivity contribution in [2.75, 3.05) is 31.4 Å². The molecule has 0 fully saturated rings. The maximum atomic E-state index is 12.2. The number of benzene rings is 2. The molecule has 1 amide bonds. The van der Waals surface area contributed by atoms with Crippen LogP contribution in [0.3, 0.4) is 0 Å². The molecule has 0 saturated carbocycles. The Bertz CT molecular complexity index is 753. The molecule has 0 aliphatic rings. The number of halogens is 2. The highest BCUT2D eigenvalue weighted by molar-refractivity contribution is 9.10. The van der Waals surface area contributed by atoms with E-state index >= 15 is 0 Å². The summed E-state index contributed by atoms with van der Waals surface area (Å²) in [5.41, 5.74) is 2.45. The van der Waals surface area contributed by atoms with Gasteiger partial charge in [-0.2, -0.15) is 0 Å². The van der Waals surface area contributed by atoms with Crippen LogP contribution in [0.2, 0.25) is 5.02 Å². The first kappa shape index (κ1) is 18.4. The van der Waals surface area contributed by atoms with Crippen molar-refractivity contribution in [2.45, 2.75) is 6.92 Å². The molecule has 128 valence electrons. The minimum absolute atomic E-state index is 0.120. The van der Waals surface area contributed by atoms with Crippen LogP contribution < -0.4 is 20.1 Å². The minimum Gasteiger partial charge on any atom is -0.495 e. The van der Waals surface area contributed by atoms with Crippen molar-refractivity contribution in [3.63, 3.8) is 0 Å². The highest BCUT2D eigenvalue weighted by Gasteiger charge is 2.12. The van der Waals surface area contributed by atoms with Gasteiger partial charge in [0, 0.05) is 22.3 Å². The molecule has 0 atom stereocenters. The normalized spacial score (nSPS) is 10.2. The number of methoxy groups -OCH3 is 2. The number of rotatable bonds is 6. The predicted molar refractivity (Wildman–Crippen MR) is 101 cm³/mol. The lowest BCUT2D eigenvalue weighted by Crippen LogP contribution is -2.22. The quantitative estimate of drug-likeness (QED) is 0.733. The number of hydrogen-bond acceptors (Lipinski definition) is 4. The summed E-state index contributed by atoms with van der Waals surface area (Å²) in [7, 11) is 3.02. The van der Waals surface area contributed by atoms with Crippen LogP contribution in [0.4, 0.5) is 11.4 Å². The first-order valence-corrected chi connectivity index (χ1v) is 8.33. The zero-order valence-corrected chi connectivity index (χ0v) is 15.9. The van der Waals surface area contributed by atoms with Crippen molar-refractivity contribution in [2.24, 2.45) is 0 Å². The fourth-order valence-corrected chi connectivity index (χ4v) is 2.57. The molecule has 0 aliphatic carbocycles. The Balaban J connectivity index is 2.05. The van der Waals surface area contributed by atoms with Crippen molar-refractivity contribution in [3.05, 3.63) is 45.4 Å². The topological polar surface area (TPSA) is 59.6 Å². The fraction of sp³-hybridized carbons (Fsp3) is 0.235. The Morgan fingerprint density at radius 3 is 2.50 bits per heavy atom. The van der Waals surface area contributed by atoms with E-state index in [-0.39, 0.29) is 12.5 Å². The number of ether oxygens (including phenoxy) is 2. The largest absolute Gasteiger partial charge is 0.495 e. The number of carbonyl (C=O) groups is 1. The molecule has 7 heteroatoms. The Morgan fingerprint density at radius 2 is 1.88 bits per heavy atom. The van der Waals surface area contributed by atoms with Gasteiger partial charge in [-0.3, -0.25) is 4.79 Å². The van der Waals surface area contributed by atoms with Crippen LogP contribution in [0.25, 0.3) is 0 Å². The molecule has 0 radical (unpaired) electrons. The molecule has 0 unspecified atom stereocenters. The lowest BCUT2D eigenvalue weighted by molar-refractivity contribution is -0.114. The average Bonchev–Trinajstić information content (AvgIpc) is 2.57. The van der Waals surface area contributed by atoms with Gasteiger partial charge in [-0.05, 0) is 30.7 Å². The second-order valence-electron chi connectivity index (χ2n) is 5.05. The Labute approximate surface area is 154 Å².